The maximum Gasteiger partial charge on any atom is 0.166 e. The molecule has 0 N–H and O–H groups in total. The van der Waals surface area contributed by atoms with Crippen LogP contribution in [0.5, 0.6) is 5.75 Å². The van der Waals surface area contributed by atoms with Gasteiger partial charge in [0.15, 0.2) is 11.6 Å². The number of ether oxygens (including phenoxy) is 1. The number of thiol groups is 1. The molecule has 16 heavy (non-hydrogen) atoms. The number of hydrogen-bond donors (Lipinski definition) is 1. The lowest BCUT2D eigenvalue weighted by Crippen LogP contribution is -2.23. The van der Waals surface area contributed by atoms with Crippen molar-refractivity contribution in [1.82, 2.24) is 0 Å². The van der Waals surface area contributed by atoms with Crippen LogP contribution in [0.25, 0.3) is 0 Å². The van der Waals surface area contributed by atoms with E-state index in [1.807, 2.05) is 19.9 Å². The van der Waals surface area contributed by atoms with Gasteiger partial charge in [-0.1, -0.05) is 13.8 Å². The van der Waals surface area contributed by atoms with Gasteiger partial charge in [-0.05, 0) is 24.0 Å². The highest BCUT2D eigenvalue weighted by molar-refractivity contribution is 7.80. The van der Waals surface area contributed by atoms with Crippen LogP contribution < -0.4 is 4.74 Å². The number of benzene rings is 1. The Labute approximate surface area is 100 Å². The fraction of sp³-hybridized carbons (Fsp3) is 0.417. The molecule has 0 unspecified atom stereocenters. The fourth-order valence-corrected chi connectivity index (χ4v) is 1.10. The van der Waals surface area contributed by atoms with Crippen LogP contribution in [0.2, 0.25) is 0 Å². The monoisotopic (exact) mass is 239 g/mol. The highest BCUT2D eigenvalue weighted by atomic mass is 32.1. The first kappa shape index (κ1) is 12.9. The molecule has 0 aliphatic heterocycles. The van der Waals surface area contributed by atoms with E-state index in [1.54, 1.807) is 0 Å². The van der Waals surface area contributed by atoms with Gasteiger partial charge in [-0.15, -0.1) is 0 Å². The van der Waals surface area contributed by atoms with Gasteiger partial charge in [-0.2, -0.15) is 17.9 Å². The Kier molecular flexibility index (Phi) is 4.19. The van der Waals surface area contributed by atoms with E-state index in [2.05, 4.69) is 12.6 Å². The van der Waals surface area contributed by atoms with Gasteiger partial charge in [-0.3, -0.25) is 0 Å². The summed E-state index contributed by atoms with van der Waals surface area (Å²) in [5, 5.41) is 8.58. The fourth-order valence-electron chi connectivity index (χ4n) is 1.01. The van der Waals surface area contributed by atoms with Crippen LogP contribution in [0, 0.1) is 22.6 Å². The zero-order chi connectivity index (χ0) is 12.2. The van der Waals surface area contributed by atoms with Crippen molar-refractivity contribution < 1.29 is 9.13 Å². The third-order valence-corrected chi connectivity index (χ3v) is 2.96. The van der Waals surface area contributed by atoms with Crippen molar-refractivity contribution in [3.8, 4) is 11.8 Å². The lowest BCUT2D eigenvalue weighted by atomic mass is 9.98. The van der Waals surface area contributed by atoms with Gasteiger partial charge >= 0.3 is 0 Å². The van der Waals surface area contributed by atoms with Crippen LogP contribution in [-0.2, 0) is 0 Å². The molecule has 1 aromatic rings. The van der Waals surface area contributed by atoms with Crippen molar-refractivity contribution >= 4 is 12.6 Å². The Morgan fingerprint density at radius 3 is 2.69 bits per heavy atom. The lowest BCUT2D eigenvalue weighted by Gasteiger charge is -2.22. The van der Waals surface area contributed by atoms with Gasteiger partial charge in [0.05, 0.1) is 18.2 Å². The van der Waals surface area contributed by atoms with Crippen molar-refractivity contribution in [2.45, 2.75) is 13.8 Å². The number of nitriles is 1. The highest BCUT2D eigenvalue weighted by Gasteiger charge is 2.17. The van der Waals surface area contributed by atoms with Crippen LogP contribution in [0.15, 0.2) is 18.2 Å². The summed E-state index contributed by atoms with van der Waals surface area (Å²) in [5.74, 6) is 0.327. The molecule has 0 spiro atoms. The first-order valence-corrected chi connectivity index (χ1v) is 5.55. The molecule has 86 valence electrons. The minimum absolute atomic E-state index is 0.108. The number of rotatable bonds is 4. The Morgan fingerprint density at radius 2 is 2.19 bits per heavy atom. The molecule has 0 amide bonds. The second kappa shape index (κ2) is 5.22. The summed E-state index contributed by atoms with van der Waals surface area (Å²) in [5.41, 5.74) is 0.182. The van der Waals surface area contributed by atoms with Crippen molar-refractivity contribution in [2.24, 2.45) is 5.41 Å². The molecule has 0 aliphatic rings. The normalized spacial score (nSPS) is 10.9. The molecule has 1 aromatic carbocycles. The average Bonchev–Trinajstić information content (AvgIpc) is 2.27. The molecule has 0 heterocycles. The van der Waals surface area contributed by atoms with Crippen molar-refractivity contribution in [2.75, 3.05) is 12.4 Å². The van der Waals surface area contributed by atoms with Crippen molar-refractivity contribution in [3.63, 3.8) is 0 Å². The molecular weight excluding hydrogens is 225 g/mol. The van der Waals surface area contributed by atoms with Crippen LogP contribution in [0.4, 0.5) is 4.39 Å². The average molecular weight is 239 g/mol. The van der Waals surface area contributed by atoms with Gasteiger partial charge < -0.3 is 4.74 Å². The molecule has 0 saturated heterocycles. The molecule has 1 rings (SSSR count). The van der Waals surface area contributed by atoms with Gasteiger partial charge in [-0.25, -0.2) is 4.39 Å². The Hall–Kier alpha value is -1.21. The third kappa shape index (κ3) is 3.42. The third-order valence-electron chi connectivity index (χ3n) is 2.11. The van der Waals surface area contributed by atoms with Gasteiger partial charge in [0.25, 0.3) is 0 Å². The van der Waals surface area contributed by atoms with Crippen LogP contribution in [0.3, 0.4) is 0 Å². The number of nitrogens with zero attached hydrogens (tertiary/aromatic N) is 1. The largest absolute Gasteiger partial charge is 0.490 e. The quantitative estimate of drug-likeness (QED) is 0.819. The van der Waals surface area contributed by atoms with Gasteiger partial charge in [0, 0.05) is 5.41 Å². The first-order valence-electron chi connectivity index (χ1n) is 4.92. The lowest BCUT2D eigenvalue weighted by molar-refractivity contribution is 0.195. The molecule has 2 nitrogen and oxygen atoms in total. The van der Waals surface area contributed by atoms with Crippen LogP contribution in [-0.4, -0.2) is 12.4 Å². The van der Waals surface area contributed by atoms with E-state index in [-0.39, 0.29) is 11.2 Å². The SMILES string of the molecule is CC(C)(CS)COc1ccc(C#N)cc1F. The maximum atomic E-state index is 13.4. The summed E-state index contributed by atoms with van der Waals surface area (Å²) in [4.78, 5) is 0. The predicted octanol–water partition coefficient (Wildman–Crippen LogP) is 3.03. The van der Waals surface area contributed by atoms with E-state index in [0.717, 1.165) is 0 Å². The minimum Gasteiger partial charge on any atom is -0.490 e. The molecule has 4 heteroatoms. The summed E-state index contributed by atoms with van der Waals surface area (Å²) in [6.07, 6.45) is 0. The molecule has 0 atom stereocenters. The summed E-state index contributed by atoms with van der Waals surface area (Å²) in [6.45, 7) is 4.36. The molecule has 0 aromatic heterocycles. The molecular formula is C12H14FNOS. The summed E-state index contributed by atoms with van der Waals surface area (Å²) < 4.78 is 18.8. The minimum atomic E-state index is -0.506. The molecule has 0 aliphatic carbocycles. The van der Waals surface area contributed by atoms with Gasteiger partial charge in [0.1, 0.15) is 0 Å². The topological polar surface area (TPSA) is 33.0 Å². The molecule has 0 saturated carbocycles. The molecule has 0 fully saturated rings. The molecule has 0 bridgehead atoms. The van der Waals surface area contributed by atoms with E-state index >= 15 is 0 Å². The van der Waals surface area contributed by atoms with E-state index in [0.29, 0.717) is 17.9 Å². The van der Waals surface area contributed by atoms with Crippen molar-refractivity contribution in [1.29, 1.82) is 5.26 Å². The van der Waals surface area contributed by atoms with E-state index in [4.69, 9.17) is 10.00 Å². The van der Waals surface area contributed by atoms with Crippen LogP contribution >= 0.6 is 12.6 Å². The van der Waals surface area contributed by atoms with Gasteiger partial charge in [0.2, 0.25) is 0 Å². The first-order chi connectivity index (χ1) is 7.48. The smallest absolute Gasteiger partial charge is 0.166 e. The van der Waals surface area contributed by atoms with Crippen LogP contribution in [0.1, 0.15) is 19.4 Å². The van der Waals surface area contributed by atoms with E-state index in [1.165, 1.54) is 18.2 Å². The summed E-state index contributed by atoms with van der Waals surface area (Å²) >= 11 is 4.19. The van der Waals surface area contributed by atoms with Crippen molar-refractivity contribution in [3.05, 3.63) is 29.6 Å². The second-order valence-corrected chi connectivity index (χ2v) is 4.68. The second-order valence-electron chi connectivity index (χ2n) is 4.37. The van der Waals surface area contributed by atoms with E-state index < -0.39 is 5.82 Å². The maximum absolute atomic E-state index is 13.4. The zero-order valence-corrected chi connectivity index (χ0v) is 10.2. The highest BCUT2D eigenvalue weighted by Crippen LogP contribution is 2.22. The van der Waals surface area contributed by atoms with E-state index in [9.17, 15) is 4.39 Å². The standard InChI is InChI=1S/C12H14FNOS/c1-12(2,8-16)7-15-11-4-3-9(6-14)5-10(11)13/h3-5,16H,7-8H2,1-2H3. The number of halogens is 1. The Balaban J connectivity index is 2.73. The molecule has 0 radical (unpaired) electrons. The Morgan fingerprint density at radius 1 is 1.50 bits per heavy atom. The number of hydrogen-bond acceptors (Lipinski definition) is 3. The summed E-state index contributed by atoms with van der Waals surface area (Å²) in [7, 11) is 0. The summed E-state index contributed by atoms with van der Waals surface area (Å²) in [6, 6.07) is 6.05. The Bertz CT molecular complexity index is 412. The zero-order valence-electron chi connectivity index (χ0n) is 9.33. The predicted molar refractivity (Wildman–Crippen MR) is 64.2 cm³/mol.